The average Bonchev–Trinajstić information content (AvgIpc) is 2.33. The van der Waals surface area contributed by atoms with Crippen molar-refractivity contribution in [2.45, 2.75) is 38.1 Å². The van der Waals surface area contributed by atoms with Crippen molar-refractivity contribution in [1.82, 2.24) is 9.62 Å². The predicted molar refractivity (Wildman–Crippen MR) is 70.5 cm³/mol. The Bertz CT molecular complexity index is 370. The van der Waals surface area contributed by atoms with Gasteiger partial charge < -0.3 is 10.6 Å². The van der Waals surface area contributed by atoms with E-state index in [0.29, 0.717) is 25.9 Å². The number of sulfonamides is 1. The van der Waals surface area contributed by atoms with Gasteiger partial charge in [0.1, 0.15) is 0 Å². The predicted octanol–water partition coefficient (Wildman–Crippen LogP) is -0.344. The number of carbonyl (C=O) groups excluding carboxylic acids is 1. The van der Waals surface area contributed by atoms with E-state index in [-0.39, 0.29) is 11.9 Å². The first kappa shape index (κ1) is 15.4. The fourth-order valence-electron chi connectivity index (χ4n) is 2.19. The lowest BCUT2D eigenvalue weighted by atomic mass is 10.0. The molecule has 0 aromatic heterocycles. The van der Waals surface area contributed by atoms with Crippen LogP contribution in [0.25, 0.3) is 0 Å². The molecule has 0 aliphatic carbocycles. The van der Waals surface area contributed by atoms with E-state index in [9.17, 15) is 13.2 Å². The van der Waals surface area contributed by atoms with Crippen molar-refractivity contribution in [3.05, 3.63) is 0 Å². The third kappa shape index (κ3) is 5.32. The highest BCUT2D eigenvalue weighted by molar-refractivity contribution is 7.88. The van der Waals surface area contributed by atoms with E-state index < -0.39 is 10.0 Å². The summed E-state index contributed by atoms with van der Waals surface area (Å²) in [7, 11) is -3.20. The maximum atomic E-state index is 12.0. The Morgan fingerprint density at radius 3 is 2.78 bits per heavy atom. The van der Waals surface area contributed by atoms with Gasteiger partial charge in [-0.3, -0.25) is 4.79 Å². The number of hydrogen-bond acceptors (Lipinski definition) is 4. The van der Waals surface area contributed by atoms with Gasteiger partial charge in [-0.15, -0.1) is 0 Å². The van der Waals surface area contributed by atoms with Gasteiger partial charge in [-0.25, -0.2) is 13.1 Å². The number of rotatable bonds is 6. The molecule has 1 aliphatic heterocycles. The molecule has 0 radical (unpaired) electrons. The molecule has 0 aromatic carbocycles. The van der Waals surface area contributed by atoms with Crippen LogP contribution in [0, 0.1) is 0 Å². The smallest absolute Gasteiger partial charge is 0.222 e. The number of carbonyl (C=O) groups is 1. The molecule has 1 aliphatic rings. The first-order chi connectivity index (χ1) is 8.44. The van der Waals surface area contributed by atoms with Crippen LogP contribution in [0.3, 0.4) is 0 Å². The standard InChI is InChI=1S/C11H23N3O3S/c1-18(16,17)13-9-10-5-2-3-8-14(10)11(15)6-4-7-12/h10,13H,2-9,12H2,1H3. The molecular formula is C11H23N3O3S. The van der Waals surface area contributed by atoms with Crippen LogP contribution in [0.1, 0.15) is 32.1 Å². The first-order valence-electron chi connectivity index (χ1n) is 6.38. The van der Waals surface area contributed by atoms with Gasteiger partial charge in [0.2, 0.25) is 15.9 Å². The second-order valence-corrected chi connectivity index (χ2v) is 6.58. The van der Waals surface area contributed by atoms with Gasteiger partial charge in [-0.1, -0.05) is 0 Å². The summed E-state index contributed by atoms with van der Waals surface area (Å²) in [6.45, 7) is 1.54. The van der Waals surface area contributed by atoms with Gasteiger partial charge >= 0.3 is 0 Å². The van der Waals surface area contributed by atoms with E-state index in [2.05, 4.69) is 4.72 Å². The highest BCUT2D eigenvalue weighted by Crippen LogP contribution is 2.18. The summed E-state index contributed by atoms with van der Waals surface area (Å²) in [5.74, 6) is 0.0838. The van der Waals surface area contributed by atoms with E-state index in [4.69, 9.17) is 5.73 Å². The van der Waals surface area contributed by atoms with Crippen LogP contribution in [-0.4, -0.2) is 51.2 Å². The van der Waals surface area contributed by atoms with Crippen molar-refractivity contribution < 1.29 is 13.2 Å². The topological polar surface area (TPSA) is 92.5 Å². The molecule has 1 rings (SSSR count). The molecule has 1 unspecified atom stereocenters. The van der Waals surface area contributed by atoms with Crippen LogP contribution in [0.2, 0.25) is 0 Å². The molecule has 7 heteroatoms. The summed E-state index contributed by atoms with van der Waals surface area (Å²) in [5.41, 5.74) is 5.39. The van der Waals surface area contributed by atoms with Gasteiger partial charge in [0.05, 0.1) is 6.26 Å². The van der Waals surface area contributed by atoms with E-state index >= 15 is 0 Å². The normalized spacial score (nSPS) is 21.0. The highest BCUT2D eigenvalue weighted by Gasteiger charge is 2.26. The molecule has 6 nitrogen and oxygen atoms in total. The van der Waals surface area contributed by atoms with Gasteiger partial charge in [-0.2, -0.15) is 0 Å². The number of nitrogens with one attached hydrogen (secondary N) is 1. The molecule has 1 atom stereocenters. The number of piperidine rings is 1. The Hall–Kier alpha value is -0.660. The number of nitrogens with two attached hydrogens (primary N) is 1. The van der Waals surface area contributed by atoms with Crippen molar-refractivity contribution in [3.63, 3.8) is 0 Å². The maximum absolute atomic E-state index is 12.0. The molecule has 1 amide bonds. The molecule has 3 N–H and O–H groups in total. The van der Waals surface area contributed by atoms with Crippen LogP contribution in [0.4, 0.5) is 0 Å². The van der Waals surface area contributed by atoms with Gasteiger partial charge in [0, 0.05) is 25.6 Å². The van der Waals surface area contributed by atoms with Crippen molar-refractivity contribution in [1.29, 1.82) is 0 Å². The van der Waals surface area contributed by atoms with E-state index in [1.165, 1.54) is 0 Å². The molecule has 106 valence electrons. The zero-order chi connectivity index (χ0) is 13.6. The summed E-state index contributed by atoms with van der Waals surface area (Å²) in [6.07, 6.45) is 5.15. The van der Waals surface area contributed by atoms with Crippen molar-refractivity contribution >= 4 is 15.9 Å². The highest BCUT2D eigenvalue weighted by atomic mass is 32.2. The van der Waals surface area contributed by atoms with E-state index in [1.54, 1.807) is 4.90 Å². The molecule has 1 saturated heterocycles. The minimum atomic E-state index is -3.20. The third-order valence-electron chi connectivity index (χ3n) is 3.12. The summed E-state index contributed by atoms with van der Waals surface area (Å²) in [6, 6.07) is -0.0150. The molecular weight excluding hydrogens is 254 g/mol. The number of amides is 1. The lowest BCUT2D eigenvalue weighted by Crippen LogP contribution is -2.49. The van der Waals surface area contributed by atoms with E-state index in [1.807, 2.05) is 0 Å². The molecule has 18 heavy (non-hydrogen) atoms. The second-order valence-electron chi connectivity index (χ2n) is 4.75. The molecule has 0 spiro atoms. The van der Waals surface area contributed by atoms with Crippen molar-refractivity contribution in [2.75, 3.05) is 25.9 Å². The zero-order valence-corrected chi connectivity index (χ0v) is 11.7. The molecule has 1 heterocycles. The van der Waals surface area contributed by atoms with E-state index in [0.717, 1.165) is 32.1 Å². The summed E-state index contributed by atoms with van der Waals surface area (Å²) in [4.78, 5) is 13.8. The van der Waals surface area contributed by atoms with Crippen LogP contribution in [0.15, 0.2) is 0 Å². The van der Waals surface area contributed by atoms with Crippen molar-refractivity contribution in [3.8, 4) is 0 Å². The average molecular weight is 277 g/mol. The Balaban J connectivity index is 2.53. The number of likely N-dealkylation sites (tertiary alicyclic amines) is 1. The van der Waals surface area contributed by atoms with Crippen molar-refractivity contribution in [2.24, 2.45) is 5.73 Å². The van der Waals surface area contributed by atoms with Crippen LogP contribution < -0.4 is 10.5 Å². The zero-order valence-electron chi connectivity index (χ0n) is 10.9. The van der Waals surface area contributed by atoms with Gasteiger partial charge in [0.15, 0.2) is 0 Å². The number of hydrogen-bond donors (Lipinski definition) is 2. The lowest BCUT2D eigenvalue weighted by Gasteiger charge is -2.36. The molecule has 0 aromatic rings. The minimum absolute atomic E-state index is 0.0150. The summed E-state index contributed by atoms with van der Waals surface area (Å²) in [5, 5.41) is 0. The Kier molecular flexibility index (Phi) is 6.04. The second kappa shape index (κ2) is 7.06. The molecule has 1 fully saturated rings. The monoisotopic (exact) mass is 277 g/mol. The first-order valence-corrected chi connectivity index (χ1v) is 8.27. The Labute approximate surface area is 109 Å². The van der Waals surface area contributed by atoms with Gasteiger partial charge in [0.25, 0.3) is 0 Å². The summed E-state index contributed by atoms with van der Waals surface area (Å²) >= 11 is 0. The van der Waals surface area contributed by atoms with Crippen LogP contribution >= 0.6 is 0 Å². The lowest BCUT2D eigenvalue weighted by molar-refractivity contribution is -0.134. The van der Waals surface area contributed by atoms with Crippen LogP contribution in [-0.2, 0) is 14.8 Å². The van der Waals surface area contributed by atoms with Gasteiger partial charge in [-0.05, 0) is 32.2 Å². The SMILES string of the molecule is CS(=O)(=O)NCC1CCCCN1C(=O)CCCN. The molecule has 0 saturated carbocycles. The summed E-state index contributed by atoms with van der Waals surface area (Å²) < 4.78 is 24.7. The maximum Gasteiger partial charge on any atom is 0.222 e. The Morgan fingerprint density at radius 2 is 2.17 bits per heavy atom. The Morgan fingerprint density at radius 1 is 1.44 bits per heavy atom. The number of nitrogens with zero attached hydrogens (tertiary/aromatic N) is 1. The largest absolute Gasteiger partial charge is 0.338 e. The fraction of sp³-hybridized carbons (Fsp3) is 0.909. The third-order valence-corrected chi connectivity index (χ3v) is 3.81. The minimum Gasteiger partial charge on any atom is -0.338 e. The molecule has 0 bridgehead atoms. The van der Waals surface area contributed by atoms with Crippen LogP contribution in [0.5, 0.6) is 0 Å². The quantitative estimate of drug-likeness (QED) is 0.694. The fourth-order valence-corrected chi connectivity index (χ4v) is 2.68.